The van der Waals surface area contributed by atoms with E-state index in [0.717, 1.165) is 12.1 Å². The van der Waals surface area contributed by atoms with Crippen LogP contribution < -0.4 is 15.6 Å². The van der Waals surface area contributed by atoms with Crippen molar-refractivity contribution in [1.82, 2.24) is 24.5 Å². The van der Waals surface area contributed by atoms with E-state index in [4.69, 9.17) is 4.74 Å². The van der Waals surface area contributed by atoms with Crippen molar-refractivity contribution < 1.29 is 18.3 Å². The van der Waals surface area contributed by atoms with Gasteiger partial charge in [-0.15, -0.1) is 0 Å². The highest BCUT2D eigenvalue weighted by Crippen LogP contribution is 2.15. The number of fused-ring (bicyclic) bond motifs is 1. The molecule has 0 bridgehead atoms. The van der Waals surface area contributed by atoms with Gasteiger partial charge < -0.3 is 10.1 Å². The second-order valence-electron chi connectivity index (χ2n) is 5.82. The first-order valence-electron chi connectivity index (χ1n) is 8.19. The average Bonchev–Trinajstić information content (AvgIpc) is 3.02. The normalized spacial score (nSPS) is 10.9. The van der Waals surface area contributed by atoms with Gasteiger partial charge >= 0.3 is 0 Å². The maximum absolute atomic E-state index is 13.1. The number of ether oxygens (including phenoxy) is 1. The van der Waals surface area contributed by atoms with Gasteiger partial charge in [-0.1, -0.05) is 0 Å². The van der Waals surface area contributed by atoms with Gasteiger partial charge in [0.2, 0.25) is 5.91 Å². The van der Waals surface area contributed by atoms with Gasteiger partial charge in [0, 0.05) is 12.6 Å². The van der Waals surface area contributed by atoms with Crippen LogP contribution in [0.15, 0.2) is 35.6 Å². The number of aryl methyl sites for hydroxylation is 1. The monoisotopic (exact) mass is 377 g/mol. The van der Waals surface area contributed by atoms with Crippen LogP contribution in [-0.4, -0.2) is 38.2 Å². The number of rotatable bonds is 7. The summed E-state index contributed by atoms with van der Waals surface area (Å²) in [7, 11) is 0. The number of nitrogens with one attached hydrogen (secondary N) is 1. The molecule has 0 aliphatic carbocycles. The van der Waals surface area contributed by atoms with Crippen molar-refractivity contribution >= 4 is 11.4 Å². The maximum Gasteiger partial charge on any atom is 0.280 e. The summed E-state index contributed by atoms with van der Waals surface area (Å²) in [4.78, 5) is 28.3. The molecule has 0 spiro atoms. The van der Waals surface area contributed by atoms with E-state index in [9.17, 15) is 18.4 Å². The lowest BCUT2D eigenvalue weighted by molar-refractivity contribution is -0.121. The number of imidazole rings is 1. The fourth-order valence-corrected chi connectivity index (χ4v) is 2.45. The molecule has 2 heterocycles. The topological polar surface area (TPSA) is 90.5 Å². The lowest BCUT2D eigenvalue weighted by Gasteiger charge is -2.09. The van der Waals surface area contributed by atoms with Crippen LogP contribution in [0.5, 0.6) is 5.75 Å². The van der Waals surface area contributed by atoms with Gasteiger partial charge in [0.15, 0.2) is 17.2 Å². The third-order valence-corrected chi connectivity index (χ3v) is 3.83. The molecule has 27 heavy (non-hydrogen) atoms. The molecule has 8 nitrogen and oxygen atoms in total. The Labute approximate surface area is 152 Å². The Kier molecular flexibility index (Phi) is 5.43. The van der Waals surface area contributed by atoms with Crippen molar-refractivity contribution in [2.45, 2.75) is 19.9 Å². The molecule has 10 heteroatoms. The number of carbonyl (C=O) groups excluding carboxylic acids is 1. The molecule has 0 unspecified atom stereocenters. The predicted octanol–water partition coefficient (Wildman–Crippen LogP) is 1.06. The quantitative estimate of drug-likeness (QED) is 0.622. The summed E-state index contributed by atoms with van der Waals surface area (Å²) < 4.78 is 33.7. The largest absolute Gasteiger partial charge is 0.493 e. The summed E-state index contributed by atoms with van der Waals surface area (Å²) >= 11 is 0. The van der Waals surface area contributed by atoms with E-state index < -0.39 is 11.6 Å². The summed E-state index contributed by atoms with van der Waals surface area (Å²) in [5.74, 6) is -2.07. The number of carbonyl (C=O) groups is 1. The first kappa shape index (κ1) is 18.5. The van der Waals surface area contributed by atoms with Crippen molar-refractivity contribution in [3.63, 3.8) is 0 Å². The molecule has 0 saturated carbocycles. The molecular formula is C17H17F2N5O3. The van der Waals surface area contributed by atoms with Crippen LogP contribution in [0, 0.1) is 18.6 Å². The molecule has 0 radical (unpaired) electrons. The standard InChI is InChI=1S/C17H17F2N5O3/c1-11-16-17(26)23(10-22-24(16)9-21-11)8-15(25)20-5-2-6-27-12-3-4-13(18)14(19)7-12/h3-4,7,9-10H,2,5-6,8H2,1H3,(H,20,25). The van der Waals surface area contributed by atoms with E-state index in [1.165, 1.54) is 27.8 Å². The summed E-state index contributed by atoms with van der Waals surface area (Å²) in [6, 6.07) is 3.27. The molecule has 0 aliphatic heterocycles. The van der Waals surface area contributed by atoms with Crippen molar-refractivity contribution in [3.8, 4) is 5.75 Å². The highest BCUT2D eigenvalue weighted by Gasteiger charge is 2.11. The van der Waals surface area contributed by atoms with Gasteiger partial charge in [0.25, 0.3) is 5.56 Å². The lowest BCUT2D eigenvalue weighted by Crippen LogP contribution is -2.34. The van der Waals surface area contributed by atoms with E-state index in [-0.39, 0.29) is 30.4 Å². The van der Waals surface area contributed by atoms with Crippen LogP contribution in [0.25, 0.3) is 5.52 Å². The Balaban J connectivity index is 1.46. The van der Waals surface area contributed by atoms with Gasteiger partial charge in [-0.05, 0) is 25.5 Å². The Morgan fingerprint density at radius 3 is 2.85 bits per heavy atom. The smallest absolute Gasteiger partial charge is 0.280 e. The van der Waals surface area contributed by atoms with E-state index in [1.54, 1.807) is 6.92 Å². The summed E-state index contributed by atoms with van der Waals surface area (Å²) in [5, 5.41) is 6.69. The minimum Gasteiger partial charge on any atom is -0.493 e. The molecule has 142 valence electrons. The molecule has 3 rings (SSSR count). The average molecular weight is 377 g/mol. The molecule has 2 aromatic heterocycles. The zero-order valence-corrected chi connectivity index (χ0v) is 14.5. The number of nitrogens with zero attached hydrogens (tertiary/aromatic N) is 4. The zero-order chi connectivity index (χ0) is 19.4. The Bertz CT molecular complexity index is 1030. The zero-order valence-electron chi connectivity index (χ0n) is 14.5. The number of hydrogen-bond acceptors (Lipinski definition) is 5. The van der Waals surface area contributed by atoms with Crippen molar-refractivity contribution in [3.05, 3.63) is 58.5 Å². The van der Waals surface area contributed by atoms with Crippen molar-refractivity contribution in [2.75, 3.05) is 13.2 Å². The maximum atomic E-state index is 13.1. The molecule has 0 aliphatic rings. The van der Waals surface area contributed by atoms with Gasteiger partial charge in [-0.2, -0.15) is 5.10 Å². The van der Waals surface area contributed by atoms with E-state index in [1.807, 2.05) is 0 Å². The van der Waals surface area contributed by atoms with Gasteiger partial charge in [-0.3, -0.25) is 14.2 Å². The second-order valence-corrected chi connectivity index (χ2v) is 5.82. The minimum atomic E-state index is -0.981. The third kappa shape index (κ3) is 4.27. The summed E-state index contributed by atoms with van der Waals surface area (Å²) in [5.41, 5.74) is 0.513. The molecule has 0 atom stereocenters. The van der Waals surface area contributed by atoms with E-state index in [0.29, 0.717) is 24.2 Å². The number of amides is 1. The van der Waals surface area contributed by atoms with Crippen LogP contribution in [0.4, 0.5) is 8.78 Å². The minimum absolute atomic E-state index is 0.170. The molecule has 0 fully saturated rings. The molecule has 1 amide bonds. The fraction of sp³-hybridized carbons (Fsp3) is 0.294. The lowest BCUT2D eigenvalue weighted by atomic mass is 10.3. The summed E-state index contributed by atoms with van der Waals surface area (Å²) in [6.07, 6.45) is 3.17. The van der Waals surface area contributed by atoms with Gasteiger partial charge in [0.1, 0.15) is 24.9 Å². The number of aromatic nitrogens is 4. The highest BCUT2D eigenvalue weighted by molar-refractivity contribution is 5.75. The predicted molar refractivity (Wildman–Crippen MR) is 91.5 cm³/mol. The summed E-state index contributed by atoms with van der Waals surface area (Å²) in [6.45, 7) is 2.04. The Hall–Kier alpha value is -3.30. The van der Waals surface area contributed by atoms with E-state index >= 15 is 0 Å². The van der Waals surface area contributed by atoms with Crippen LogP contribution >= 0.6 is 0 Å². The highest BCUT2D eigenvalue weighted by atomic mass is 19.2. The SMILES string of the molecule is Cc1ncn2ncn(CC(=O)NCCCOc3ccc(F)c(F)c3)c(=O)c12. The molecule has 3 aromatic rings. The van der Waals surface area contributed by atoms with Crippen LogP contribution in [-0.2, 0) is 11.3 Å². The van der Waals surface area contributed by atoms with Gasteiger partial charge in [-0.25, -0.2) is 18.3 Å². The van der Waals surface area contributed by atoms with Crippen molar-refractivity contribution in [2.24, 2.45) is 0 Å². The molecule has 1 aromatic carbocycles. The Morgan fingerprint density at radius 1 is 1.26 bits per heavy atom. The third-order valence-electron chi connectivity index (χ3n) is 3.83. The van der Waals surface area contributed by atoms with Gasteiger partial charge in [0.05, 0.1) is 12.3 Å². The Morgan fingerprint density at radius 2 is 2.07 bits per heavy atom. The fourth-order valence-electron chi connectivity index (χ4n) is 2.45. The second kappa shape index (κ2) is 7.94. The number of halogens is 2. The first-order chi connectivity index (χ1) is 13.0. The molecule has 1 N–H and O–H groups in total. The van der Waals surface area contributed by atoms with Crippen LogP contribution in [0.3, 0.4) is 0 Å². The van der Waals surface area contributed by atoms with Crippen LogP contribution in [0.2, 0.25) is 0 Å². The van der Waals surface area contributed by atoms with Crippen molar-refractivity contribution in [1.29, 1.82) is 0 Å². The number of benzene rings is 1. The molecular weight excluding hydrogens is 360 g/mol. The van der Waals surface area contributed by atoms with Crippen LogP contribution in [0.1, 0.15) is 12.1 Å². The number of hydrogen-bond donors (Lipinski definition) is 1. The molecule has 0 saturated heterocycles. The van der Waals surface area contributed by atoms with E-state index in [2.05, 4.69) is 15.4 Å². The first-order valence-corrected chi connectivity index (χ1v) is 8.19.